The van der Waals surface area contributed by atoms with Gasteiger partial charge in [-0.3, -0.25) is 0 Å². The molecular weight excluding hydrogens is 242 g/mol. The zero-order chi connectivity index (χ0) is 13.1. The number of hydrogen-bond donors (Lipinski definition) is 2. The van der Waals surface area contributed by atoms with Crippen molar-refractivity contribution in [3.05, 3.63) is 17.7 Å². The summed E-state index contributed by atoms with van der Waals surface area (Å²) in [5.41, 5.74) is 0.910. The molecule has 2 N–H and O–H groups in total. The number of piperidine rings is 1. The Morgan fingerprint density at radius 3 is 2.95 bits per heavy atom. The quantitative estimate of drug-likeness (QED) is 0.858. The molecule has 0 spiro atoms. The molecule has 1 fully saturated rings. The molecule has 4 nitrogen and oxygen atoms in total. The maximum Gasteiger partial charge on any atom is 0.168 e. The molecule has 0 saturated carbocycles. The molecule has 2 aliphatic heterocycles. The topological polar surface area (TPSA) is 50.7 Å². The number of nitrogens with one attached hydrogen (secondary N) is 1. The molecule has 1 atom stereocenters. The van der Waals surface area contributed by atoms with Gasteiger partial charge >= 0.3 is 0 Å². The van der Waals surface area contributed by atoms with E-state index in [-0.39, 0.29) is 0 Å². The van der Waals surface area contributed by atoms with E-state index in [4.69, 9.17) is 9.47 Å². The maximum atomic E-state index is 10.1. The van der Waals surface area contributed by atoms with Crippen LogP contribution in [-0.4, -0.2) is 31.4 Å². The minimum atomic E-state index is 0.329. The number of fused-ring (bicyclic) bond motifs is 1. The molecule has 4 heteroatoms. The first-order chi connectivity index (χ1) is 9.34. The molecular formula is C15H21NO3. The maximum absolute atomic E-state index is 10.1. The van der Waals surface area contributed by atoms with Gasteiger partial charge < -0.3 is 19.9 Å². The van der Waals surface area contributed by atoms with Crippen molar-refractivity contribution in [2.24, 2.45) is 5.92 Å². The van der Waals surface area contributed by atoms with Gasteiger partial charge in [0.1, 0.15) is 5.75 Å². The molecule has 0 bridgehead atoms. The minimum absolute atomic E-state index is 0.329. The lowest BCUT2D eigenvalue weighted by molar-refractivity contribution is 0.294. The average molecular weight is 263 g/mol. The molecule has 2 heterocycles. The molecule has 104 valence electrons. The van der Waals surface area contributed by atoms with Crippen molar-refractivity contribution < 1.29 is 14.6 Å². The predicted molar refractivity (Wildman–Crippen MR) is 73.0 cm³/mol. The summed E-state index contributed by atoms with van der Waals surface area (Å²) < 4.78 is 11.5. The number of hydrogen-bond acceptors (Lipinski definition) is 4. The lowest BCUT2D eigenvalue weighted by Gasteiger charge is -2.24. The fourth-order valence-electron chi connectivity index (χ4n) is 2.87. The minimum Gasteiger partial charge on any atom is -0.508 e. The highest BCUT2D eigenvalue weighted by atomic mass is 16.5. The van der Waals surface area contributed by atoms with Crippen LogP contribution in [0.2, 0.25) is 0 Å². The first-order valence-corrected chi connectivity index (χ1v) is 7.16. The molecule has 3 rings (SSSR count). The summed E-state index contributed by atoms with van der Waals surface area (Å²) >= 11 is 0. The van der Waals surface area contributed by atoms with Crippen LogP contribution in [0.1, 0.15) is 24.8 Å². The fraction of sp³-hybridized carbons (Fsp3) is 0.600. The molecule has 1 aromatic rings. The second-order valence-corrected chi connectivity index (χ2v) is 5.36. The highest BCUT2D eigenvalue weighted by Crippen LogP contribution is 2.40. The van der Waals surface area contributed by atoms with Crippen LogP contribution in [0.15, 0.2) is 12.1 Å². The monoisotopic (exact) mass is 263 g/mol. The number of rotatable bonds is 2. The standard InChI is InChI=1S/C15H21NO3/c17-13-4-5-14-15(19-8-2-7-18-14)12(13)9-11-3-1-6-16-10-11/h4-5,11,16-17H,1-3,6-10H2. The smallest absolute Gasteiger partial charge is 0.168 e. The number of aromatic hydroxyl groups is 1. The van der Waals surface area contributed by atoms with Gasteiger partial charge in [-0.25, -0.2) is 0 Å². The van der Waals surface area contributed by atoms with E-state index in [1.165, 1.54) is 12.8 Å². The van der Waals surface area contributed by atoms with Crippen molar-refractivity contribution in [1.29, 1.82) is 0 Å². The van der Waals surface area contributed by atoms with Gasteiger partial charge in [0.2, 0.25) is 0 Å². The second-order valence-electron chi connectivity index (χ2n) is 5.36. The lowest BCUT2D eigenvalue weighted by Crippen LogP contribution is -2.30. The largest absolute Gasteiger partial charge is 0.508 e. The predicted octanol–water partition coefficient (Wildman–Crippen LogP) is 2.10. The Bertz CT molecular complexity index is 441. The lowest BCUT2D eigenvalue weighted by atomic mass is 9.91. The summed E-state index contributed by atoms with van der Waals surface area (Å²) in [7, 11) is 0. The van der Waals surface area contributed by atoms with E-state index in [0.29, 0.717) is 24.9 Å². The van der Waals surface area contributed by atoms with Crippen LogP contribution in [0.4, 0.5) is 0 Å². The third-order valence-electron chi connectivity index (χ3n) is 3.88. The molecule has 0 aromatic heterocycles. The van der Waals surface area contributed by atoms with Crippen LogP contribution in [-0.2, 0) is 6.42 Å². The first-order valence-electron chi connectivity index (χ1n) is 7.16. The number of ether oxygens (including phenoxy) is 2. The van der Waals surface area contributed by atoms with E-state index in [9.17, 15) is 5.11 Å². The van der Waals surface area contributed by atoms with Gasteiger partial charge in [-0.05, 0) is 50.4 Å². The van der Waals surface area contributed by atoms with Crippen LogP contribution in [0.3, 0.4) is 0 Å². The number of phenolic OH excluding ortho intramolecular Hbond substituents is 1. The van der Waals surface area contributed by atoms with E-state index in [2.05, 4.69) is 5.32 Å². The van der Waals surface area contributed by atoms with Crippen molar-refractivity contribution in [2.75, 3.05) is 26.3 Å². The first kappa shape index (κ1) is 12.6. The van der Waals surface area contributed by atoms with Crippen LogP contribution in [0.25, 0.3) is 0 Å². The van der Waals surface area contributed by atoms with Gasteiger partial charge in [0.25, 0.3) is 0 Å². The Kier molecular flexibility index (Phi) is 3.78. The molecule has 0 aliphatic carbocycles. The number of benzene rings is 1. The Balaban J connectivity index is 1.86. The average Bonchev–Trinajstić information content (AvgIpc) is 2.69. The van der Waals surface area contributed by atoms with Crippen molar-refractivity contribution in [1.82, 2.24) is 5.32 Å². The summed E-state index contributed by atoms with van der Waals surface area (Å²) in [5, 5.41) is 13.5. The second kappa shape index (κ2) is 5.70. The van der Waals surface area contributed by atoms with Crippen molar-refractivity contribution in [3.63, 3.8) is 0 Å². The van der Waals surface area contributed by atoms with Crippen molar-refractivity contribution in [2.45, 2.75) is 25.7 Å². The third-order valence-corrected chi connectivity index (χ3v) is 3.88. The summed E-state index contributed by atoms with van der Waals surface area (Å²) in [6, 6.07) is 3.53. The van der Waals surface area contributed by atoms with Gasteiger partial charge in [0.05, 0.1) is 13.2 Å². The summed E-state index contributed by atoms with van der Waals surface area (Å²) in [4.78, 5) is 0. The van der Waals surface area contributed by atoms with Gasteiger partial charge in [0, 0.05) is 12.0 Å². The SMILES string of the molecule is Oc1ccc2c(c1CC1CCCNC1)OCCCO2. The molecule has 1 aromatic carbocycles. The Hall–Kier alpha value is -1.42. The highest BCUT2D eigenvalue weighted by Gasteiger charge is 2.22. The van der Waals surface area contributed by atoms with Crippen LogP contribution in [0, 0.1) is 5.92 Å². The molecule has 1 unspecified atom stereocenters. The normalized spacial score (nSPS) is 22.8. The Morgan fingerprint density at radius 2 is 2.11 bits per heavy atom. The molecule has 2 aliphatic rings. The van der Waals surface area contributed by atoms with E-state index in [1.54, 1.807) is 12.1 Å². The van der Waals surface area contributed by atoms with Gasteiger partial charge in [-0.15, -0.1) is 0 Å². The van der Waals surface area contributed by atoms with Gasteiger partial charge in [-0.1, -0.05) is 0 Å². The molecule has 0 amide bonds. The number of phenols is 1. The van der Waals surface area contributed by atoms with Gasteiger partial charge in [-0.2, -0.15) is 0 Å². The zero-order valence-corrected chi connectivity index (χ0v) is 11.2. The molecule has 1 saturated heterocycles. The highest BCUT2D eigenvalue weighted by molar-refractivity contribution is 5.53. The fourth-order valence-corrected chi connectivity index (χ4v) is 2.87. The van der Waals surface area contributed by atoms with E-state index in [1.807, 2.05) is 0 Å². The van der Waals surface area contributed by atoms with E-state index < -0.39 is 0 Å². The third kappa shape index (κ3) is 2.78. The zero-order valence-electron chi connectivity index (χ0n) is 11.2. The molecule has 0 radical (unpaired) electrons. The van der Waals surface area contributed by atoms with Gasteiger partial charge in [0.15, 0.2) is 11.5 Å². The van der Waals surface area contributed by atoms with Crippen LogP contribution < -0.4 is 14.8 Å². The summed E-state index contributed by atoms with van der Waals surface area (Å²) in [5.74, 6) is 2.42. The van der Waals surface area contributed by atoms with Crippen LogP contribution >= 0.6 is 0 Å². The van der Waals surface area contributed by atoms with Crippen molar-refractivity contribution in [3.8, 4) is 17.2 Å². The summed E-state index contributed by atoms with van der Waals surface area (Å²) in [6.45, 7) is 3.47. The Labute approximate surface area is 113 Å². The van der Waals surface area contributed by atoms with Crippen molar-refractivity contribution >= 4 is 0 Å². The van der Waals surface area contributed by atoms with Crippen LogP contribution in [0.5, 0.6) is 17.2 Å². The molecule has 19 heavy (non-hydrogen) atoms. The Morgan fingerprint density at radius 1 is 1.21 bits per heavy atom. The van der Waals surface area contributed by atoms with E-state index >= 15 is 0 Å². The summed E-state index contributed by atoms with van der Waals surface area (Å²) in [6.07, 6.45) is 4.15. The van der Waals surface area contributed by atoms with E-state index in [0.717, 1.165) is 43.0 Å².